The summed E-state index contributed by atoms with van der Waals surface area (Å²) in [5.74, 6) is 0.541. The molecule has 1 rings (SSSR count). The van der Waals surface area contributed by atoms with Gasteiger partial charge in [0.1, 0.15) is 5.78 Å². The van der Waals surface area contributed by atoms with Crippen molar-refractivity contribution >= 4 is 5.78 Å². The number of allylic oxidation sites excluding steroid dienone is 6. The first-order chi connectivity index (χ1) is 18.7. The molecule has 0 saturated heterocycles. The Morgan fingerprint density at radius 3 is 1.47 bits per heavy atom. The third kappa shape index (κ3) is 20.8. The van der Waals surface area contributed by atoms with E-state index in [9.17, 15) is 4.79 Å². The van der Waals surface area contributed by atoms with E-state index < -0.39 is 0 Å². The summed E-state index contributed by atoms with van der Waals surface area (Å²) in [6, 6.07) is 0. The Balaban J connectivity index is 1.99. The molecule has 1 fully saturated rings. The number of hydrogen-bond acceptors (Lipinski definition) is 1. The summed E-state index contributed by atoms with van der Waals surface area (Å²) in [5.41, 5.74) is 0.374. The van der Waals surface area contributed by atoms with Gasteiger partial charge in [-0.15, -0.1) is 0 Å². The molecule has 0 aromatic rings. The largest absolute Gasteiger partial charge is 0.300 e. The van der Waals surface area contributed by atoms with Crippen LogP contribution >= 0.6 is 0 Å². The van der Waals surface area contributed by atoms with E-state index in [0.717, 1.165) is 25.7 Å². The molecule has 1 aliphatic carbocycles. The van der Waals surface area contributed by atoms with Crippen molar-refractivity contribution in [3.63, 3.8) is 0 Å². The fraction of sp³-hybridized carbons (Fsp3) is 0.811. The average Bonchev–Trinajstić information content (AvgIpc) is 3.29. The van der Waals surface area contributed by atoms with Gasteiger partial charge in [-0.1, -0.05) is 147 Å². The normalized spacial score (nSPS) is 18.2. The van der Waals surface area contributed by atoms with Crippen LogP contribution in [-0.4, -0.2) is 5.78 Å². The maximum Gasteiger partial charge on any atom is 0.133 e. The van der Waals surface area contributed by atoms with Crippen LogP contribution in [0.25, 0.3) is 0 Å². The molecule has 1 saturated carbocycles. The first-order valence-corrected chi connectivity index (χ1v) is 17.2. The van der Waals surface area contributed by atoms with Gasteiger partial charge in [0, 0.05) is 12.8 Å². The molecule has 1 nitrogen and oxygen atoms in total. The van der Waals surface area contributed by atoms with E-state index in [1.807, 2.05) is 0 Å². The van der Waals surface area contributed by atoms with Crippen LogP contribution in [0.15, 0.2) is 36.5 Å². The molecule has 0 N–H and O–H groups in total. The zero-order chi connectivity index (χ0) is 27.4. The fourth-order valence-corrected chi connectivity index (χ4v) is 6.13. The van der Waals surface area contributed by atoms with E-state index >= 15 is 0 Å². The second-order valence-electron chi connectivity index (χ2n) is 12.3. The predicted octanol–water partition coefficient (Wildman–Crippen LogP) is 12.8. The second-order valence-corrected chi connectivity index (χ2v) is 12.3. The number of Topliss-reactive ketones (excluding diaryl/α,β-unsaturated/α-hetero) is 1. The average molecular weight is 527 g/mol. The molecule has 0 aliphatic heterocycles. The summed E-state index contributed by atoms with van der Waals surface area (Å²) >= 11 is 0. The lowest BCUT2D eigenvalue weighted by molar-refractivity contribution is -0.118. The van der Waals surface area contributed by atoms with Crippen LogP contribution in [0.4, 0.5) is 0 Å². The van der Waals surface area contributed by atoms with Gasteiger partial charge < -0.3 is 0 Å². The van der Waals surface area contributed by atoms with Crippen LogP contribution in [-0.2, 0) is 4.79 Å². The van der Waals surface area contributed by atoms with Gasteiger partial charge >= 0.3 is 0 Å². The number of carbonyl (C=O) groups excluding carboxylic acids is 1. The molecular formula is C37H66O. The maximum absolute atomic E-state index is 12.1. The van der Waals surface area contributed by atoms with Crippen LogP contribution in [0, 0.1) is 5.41 Å². The Hall–Kier alpha value is -1.11. The van der Waals surface area contributed by atoms with Gasteiger partial charge in [0.05, 0.1) is 0 Å². The maximum atomic E-state index is 12.1. The van der Waals surface area contributed by atoms with E-state index in [1.54, 1.807) is 0 Å². The number of unbranched alkanes of at least 4 members (excludes halogenated alkanes) is 17. The molecule has 0 amide bonds. The highest BCUT2D eigenvalue weighted by Crippen LogP contribution is 2.45. The molecule has 1 atom stereocenters. The standard InChI is InChI=1S/C37H66O/c1-3-5-7-9-11-13-15-17-18-20-22-24-26-28-30-33-37(34-31-36(38)35-37)32-29-27-25-23-21-19-16-14-12-10-8-6-4-2/h6,8-9,11-12,14H,3-5,7,10,13,15-35H2,1-2H3/b8-6-,11-9-,14-12-. The Labute approximate surface area is 239 Å². The third-order valence-electron chi connectivity index (χ3n) is 8.64. The first-order valence-electron chi connectivity index (χ1n) is 17.2. The van der Waals surface area contributed by atoms with Crippen LogP contribution < -0.4 is 0 Å². The highest BCUT2D eigenvalue weighted by Gasteiger charge is 2.36. The lowest BCUT2D eigenvalue weighted by Crippen LogP contribution is -2.17. The lowest BCUT2D eigenvalue weighted by atomic mass is 9.76. The summed E-state index contributed by atoms with van der Waals surface area (Å²) in [6.45, 7) is 4.45. The SMILES string of the molecule is CC/C=C\C/C=C\CCCCCCCCC1(CCCCCCCCCCC/C=C\CCCC)CCC(=O)C1. The van der Waals surface area contributed by atoms with E-state index in [4.69, 9.17) is 0 Å². The molecule has 0 aromatic carbocycles. The number of rotatable bonds is 27. The van der Waals surface area contributed by atoms with Crippen molar-refractivity contribution in [3.8, 4) is 0 Å². The van der Waals surface area contributed by atoms with Gasteiger partial charge in [-0.2, -0.15) is 0 Å². The molecule has 1 aliphatic rings. The molecular weight excluding hydrogens is 460 g/mol. The summed E-state index contributed by atoms with van der Waals surface area (Å²) in [4.78, 5) is 12.1. The number of hydrogen-bond donors (Lipinski definition) is 0. The molecule has 0 radical (unpaired) electrons. The van der Waals surface area contributed by atoms with Gasteiger partial charge in [-0.25, -0.2) is 0 Å². The number of carbonyl (C=O) groups is 1. The van der Waals surface area contributed by atoms with E-state index in [0.29, 0.717) is 11.2 Å². The minimum absolute atomic E-state index is 0.374. The highest BCUT2D eigenvalue weighted by molar-refractivity contribution is 5.81. The van der Waals surface area contributed by atoms with Crippen molar-refractivity contribution in [1.82, 2.24) is 0 Å². The zero-order valence-electron chi connectivity index (χ0n) is 26.0. The van der Waals surface area contributed by atoms with Gasteiger partial charge in [-0.3, -0.25) is 4.79 Å². The first kappa shape index (κ1) is 34.9. The van der Waals surface area contributed by atoms with Gasteiger partial charge in [0.2, 0.25) is 0 Å². The highest BCUT2D eigenvalue weighted by atomic mass is 16.1. The monoisotopic (exact) mass is 527 g/mol. The van der Waals surface area contributed by atoms with Gasteiger partial charge in [0.25, 0.3) is 0 Å². The van der Waals surface area contributed by atoms with Crippen LogP contribution in [0.1, 0.15) is 187 Å². The van der Waals surface area contributed by atoms with Crippen molar-refractivity contribution in [2.24, 2.45) is 5.41 Å². The summed E-state index contributed by atoms with van der Waals surface area (Å²) in [5, 5.41) is 0. The summed E-state index contributed by atoms with van der Waals surface area (Å²) in [7, 11) is 0. The van der Waals surface area contributed by atoms with Crippen LogP contribution in [0.2, 0.25) is 0 Å². The Morgan fingerprint density at radius 2 is 1.00 bits per heavy atom. The minimum atomic E-state index is 0.374. The summed E-state index contributed by atoms with van der Waals surface area (Å²) in [6.07, 6.45) is 48.9. The third-order valence-corrected chi connectivity index (χ3v) is 8.64. The predicted molar refractivity (Wildman–Crippen MR) is 171 cm³/mol. The quantitative estimate of drug-likeness (QED) is 0.0768. The van der Waals surface area contributed by atoms with Crippen LogP contribution in [0.3, 0.4) is 0 Å². The zero-order valence-corrected chi connectivity index (χ0v) is 26.0. The van der Waals surface area contributed by atoms with Crippen molar-refractivity contribution in [2.75, 3.05) is 0 Å². The molecule has 220 valence electrons. The Bertz CT molecular complexity index is 612. The van der Waals surface area contributed by atoms with E-state index in [1.165, 1.54) is 148 Å². The van der Waals surface area contributed by atoms with E-state index in [-0.39, 0.29) is 0 Å². The smallest absolute Gasteiger partial charge is 0.133 e. The molecule has 1 heteroatoms. The van der Waals surface area contributed by atoms with Crippen molar-refractivity contribution in [2.45, 2.75) is 187 Å². The molecule has 0 spiro atoms. The topological polar surface area (TPSA) is 17.1 Å². The van der Waals surface area contributed by atoms with Crippen molar-refractivity contribution in [1.29, 1.82) is 0 Å². The van der Waals surface area contributed by atoms with Gasteiger partial charge in [-0.05, 0) is 69.6 Å². The van der Waals surface area contributed by atoms with Crippen molar-refractivity contribution in [3.05, 3.63) is 36.5 Å². The molecule has 1 unspecified atom stereocenters. The Kier molecular flexibility index (Phi) is 24.0. The molecule has 0 aromatic heterocycles. The minimum Gasteiger partial charge on any atom is -0.300 e. The fourth-order valence-electron chi connectivity index (χ4n) is 6.13. The lowest BCUT2D eigenvalue weighted by Gasteiger charge is -2.28. The second kappa shape index (κ2) is 26.1. The summed E-state index contributed by atoms with van der Waals surface area (Å²) < 4.78 is 0. The molecule has 0 bridgehead atoms. The van der Waals surface area contributed by atoms with Crippen molar-refractivity contribution < 1.29 is 4.79 Å². The molecule has 0 heterocycles. The van der Waals surface area contributed by atoms with Crippen LogP contribution in [0.5, 0.6) is 0 Å². The molecule has 38 heavy (non-hydrogen) atoms. The van der Waals surface area contributed by atoms with E-state index in [2.05, 4.69) is 50.3 Å². The van der Waals surface area contributed by atoms with Gasteiger partial charge in [0.15, 0.2) is 0 Å². The Morgan fingerprint density at radius 1 is 0.553 bits per heavy atom. The number of ketones is 1.